The van der Waals surface area contributed by atoms with E-state index < -0.39 is 0 Å². The van der Waals surface area contributed by atoms with Crippen molar-refractivity contribution >= 4 is 0 Å². The molecule has 0 heterocycles. The van der Waals surface area contributed by atoms with Gasteiger partial charge in [0.25, 0.3) is 0 Å². The zero-order valence-electron chi connectivity index (χ0n) is 13.7. The lowest BCUT2D eigenvalue weighted by molar-refractivity contribution is 0.288. The highest BCUT2D eigenvalue weighted by atomic mass is 16.5. The minimum absolute atomic E-state index is 0.106. The van der Waals surface area contributed by atoms with Crippen molar-refractivity contribution in [1.29, 1.82) is 0 Å². The lowest BCUT2D eigenvalue weighted by Gasteiger charge is -2.20. The van der Waals surface area contributed by atoms with E-state index in [-0.39, 0.29) is 6.04 Å². The summed E-state index contributed by atoms with van der Waals surface area (Å²) in [7, 11) is 0. The molecule has 1 atom stereocenters. The standard InChI is InChI=1S/C19H25NO/c1-12-6-7-14(3)18(10-12)21-11-17(20)19-15(4)8-13(2)9-16(19)5/h6-10,17H,11,20H2,1-5H3. The summed E-state index contributed by atoms with van der Waals surface area (Å²) in [6.45, 7) is 11.0. The van der Waals surface area contributed by atoms with Crippen LogP contribution in [0.1, 0.15) is 39.4 Å². The van der Waals surface area contributed by atoms with Gasteiger partial charge in [-0.05, 0) is 68.5 Å². The first-order valence-corrected chi connectivity index (χ1v) is 7.42. The molecule has 0 amide bonds. The predicted octanol–water partition coefficient (Wildman–Crippen LogP) is 4.31. The van der Waals surface area contributed by atoms with Crippen molar-refractivity contribution in [3.05, 3.63) is 63.7 Å². The van der Waals surface area contributed by atoms with Crippen molar-refractivity contribution < 1.29 is 4.74 Å². The van der Waals surface area contributed by atoms with Crippen LogP contribution in [0.4, 0.5) is 0 Å². The molecule has 21 heavy (non-hydrogen) atoms. The van der Waals surface area contributed by atoms with Crippen molar-refractivity contribution in [1.82, 2.24) is 0 Å². The van der Waals surface area contributed by atoms with Gasteiger partial charge in [0, 0.05) is 0 Å². The molecule has 0 bridgehead atoms. The van der Waals surface area contributed by atoms with Crippen molar-refractivity contribution in [2.24, 2.45) is 5.73 Å². The number of benzene rings is 2. The predicted molar refractivity (Wildman–Crippen MR) is 89.0 cm³/mol. The Kier molecular flexibility index (Phi) is 4.69. The Balaban J connectivity index is 2.15. The van der Waals surface area contributed by atoms with E-state index in [0.29, 0.717) is 6.61 Å². The van der Waals surface area contributed by atoms with E-state index in [1.54, 1.807) is 0 Å². The van der Waals surface area contributed by atoms with Crippen molar-refractivity contribution in [2.75, 3.05) is 6.61 Å². The number of ether oxygens (including phenoxy) is 1. The van der Waals surface area contributed by atoms with Gasteiger partial charge in [0.1, 0.15) is 12.4 Å². The summed E-state index contributed by atoms with van der Waals surface area (Å²) in [6.07, 6.45) is 0. The van der Waals surface area contributed by atoms with Crippen LogP contribution in [0.15, 0.2) is 30.3 Å². The van der Waals surface area contributed by atoms with Crippen LogP contribution in [0.2, 0.25) is 0 Å². The number of hydrogen-bond donors (Lipinski definition) is 1. The average molecular weight is 283 g/mol. The average Bonchev–Trinajstić information content (AvgIpc) is 2.38. The van der Waals surface area contributed by atoms with Gasteiger partial charge in [0.2, 0.25) is 0 Å². The summed E-state index contributed by atoms with van der Waals surface area (Å²) in [6, 6.07) is 10.5. The van der Waals surface area contributed by atoms with Crippen LogP contribution in [0.3, 0.4) is 0 Å². The summed E-state index contributed by atoms with van der Waals surface area (Å²) >= 11 is 0. The number of hydrogen-bond acceptors (Lipinski definition) is 2. The fourth-order valence-corrected chi connectivity index (χ4v) is 2.90. The Morgan fingerprint density at radius 3 is 2.10 bits per heavy atom. The monoisotopic (exact) mass is 283 g/mol. The summed E-state index contributed by atoms with van der Waals surface area (Å²) < 4.78 is 5.95. The van der Waals surface area contributed by atoms with Gasteiger partial charge in [0.15, 0.2) is 0 Å². The molecule has 0 aliphatic carbocycles. The fourth-order valence-electron chi connectivity index (χ4n) is 2.90. The Labute approximate surface area is 127 Å². The zero-order chi connectivity index (χ0) is 15.6. The molecule has 0 saturated carbocycles. The van der Waals surface area contributed by atoms with Crippen molar-refractivity contribution in [3.63, 3.8) is 0 Å². The van der Waals surface area contributed by atoms with E-state index in [0.717, 1.165) is 11.3 Å². The first-order chi connectivity index (χ1) is 9.88. The van der Waals surface area contributed by atoms with E-state index >= 15 is 0 Å². The van der Waals surface area contributed by atoms with Crippen LogP contribution in [0.5, 0.6) is 5.75 Å². The second-order valence-electron chi connectivity index (χ2n) is 6.00. The van der Waals surface area contributed by atoms with Crippen LogP contribution < -0.4 is 10.5 Å². The molecule has 0 aliphatic rings. The van der Waals surface area contributed by atoms with E-state index in [2.05, 4.69) is 65.0 Å². The summed E-state index contributed by atoms with van der Waals surface area (Å²) in [4.78, 5) is 0. The van der Waals surface area contributed by atoms with Gasteiger partial charge in [0.05, 0.1) is 6.04 Å². The van der Waals surface area contributed by atoms with Crippen LogP contribution >= 0.6 is 0 Å². The molecular formula is C19H25NO. The van der Waals surface area contributed by atoms with Crippen LogP contribution in [-0.4, -0.2) is 6.61 Å². The van der Waals surface area contributed by atoms with Gasteiger partial charge in [-0.3, -0.25) is 0 Å². The van der Waals surface area contributed by atoms with Gasteiger partial charge in [-0.2, -0.15) is 0 Å². The van der Waals surface area contributed by atoms with Gasteiger partial charge in [-0.15, -0.1) is 0 Å². The van der Waals surface area contributed by atoms with E-state index in [1.165, 1.54) is 27.8 Å². The zero-order valence-corrected chi connectivity index (χ0v) is 13.7. The Morgan fingerprint density at radius 1 is 0.857 bits per heavy atom. The van der Waals surface area contributed by atoms with E-state index in [1.807, 2.05) is 0 Å². The summed E-state index contributed by atoms with van der Waals surface area (Å²) in [5.41, 5.74) is 13.7. The quantitative estimate of drug-likeness (QED) is 0.907. The normalized spacial score (nSPS) is 12.3. The Bertz CT molecular complexity index is 623. The van der Waals surface area contributed by atoms with Gasteiger partial charge in [-0.1, -0.05) is 29.8 Å². The third-order valence-electron chi connectivity index (χ3n) is 3.87. The number of aryl methyl sites for hydroxylation is 5. The van der Waals surface area contributed by atoms with Crippen LogP contribution in [-0.2, 0) is 0 Å². The summed E-state index contributed by atoms with van der Waals surface area (Å²) in [5.74, 6) is 0.924. The number of rotatable bonds is 4. The number of nitrogens with two attached hydrogens (primary N) is 1. The molecule has 0 spiro atoms. The highest BCUT2D eigenvalue weighted by molar-refractivity contribution is 5.40. The second kappa shape index (κ2) is 6.31. The molecule has 2 aromatic carbocycles. The van der Waals surface area contributed by atoms with E-state index in [9.17, 15) is 0 Å². The highest BCUT2D eigenvalue weighted by Gasteiger charge is 2.14. The first kappa shape index (κ1) is 15.6. The maximum atomic E-state index is 6.36. The van der Waals surface area contributed by atoms with Crippen LogP contribution in [0, 0.1) is 34.6 Å². The molecule has 0 radical (unpaired) electrons. The second-order valence-corrected chi connectivity index (χ2v) is 6.00. The lowest BCUT2D eigenvalue weighted by atomic mass is 9.95. The minimum Gasteiger partial charge on any atom is -0.491 e. The SMILES string of the molecule is Cc1cc(C)c(C(N)COc2cc(C)ccc2C)c(C)c1. The maximum absolute atomic E-state index is 6.36. The molecule has 0 saturated heterocycles. The molecule has 2 N–H and O–H groups in total. The molecule has 1 unspecified atom stereocenters. The minimum atomic E-state index is -0.106. The highest BCUT2D eigenvalue weighted by Crippen LogP contribution is 2.24. The van der Waals surface area contributed by atoms with Crippen molar-refractivity contribution in [2.45, 2.75) is 40.7 Å². The molecule has 2 aromatic rings. The first-order valence-electron chi connectivity index (χ1n) is 7.42. The molecule has 2 nitrogen and oxygen atoms in total. The van der Waals surface area contributed by atoms with E-state index in [4.69, 9.17) is 10.5 Å². The molecule has 2 heteroatoms. The summed E-state index contributed by atoms with van der Waals surface area (Å²) in [5, 5.41) is 0. The fraction of sp³-hybridized carbons (Fsp3) is 0.368. The van der Waals surface area contributed by atoms with Gasteiger partial charge in [-0.25, -0.2) is 0 Å². The molecule has 0 aromatic heterocycles. The Morgan fingerprint density at radius 2 is 1.48 bits per heavy atom. The molecule has 0 aliphatic heterocycles. The third kappa shape index (κ3) is 3.64. The maximum Gasteiger partial charge on any atom is 0.122 e. The molecule has 112 valence electrons. The largest absolute Gasteiger partial charge is 0.491 e. The van der Waals surface area contributed by atoms with Crippen LogP contribution in [0.25, 0.3) is 0 Å². The Hall–Kier alpha value is -1.80. The lowest BCUT2D eigenvalue weighted by Crippen LogP contribution is -2.21. The molecular weight excluding hydrogens is 258 g/mol. The molecule has 0 fully saturated rings. The van der Waals surface area contributed by atoms with Gasteiger partial charge < -0.3 is 10.5 Å². The topological polar surface area (TPSA) is 35.2 Å². The van der Waals surface area contributed by atoms with Crippen molar-refractivity contribution in [3.8, 4) is 5.75 Å². The third-order valence-corrected chi connectivity index (χ3v) is 3.87. The van der Waals surface area contributed by atoms with Gasteiger partial charge >= 0.3 is 0 Å². The smallest absolute Gasteiger partial charge is 0.122 e. The molecule has 2 rings (SSSR count).